The minimum absolute atomic E-state index is 0.143. The van der Waals surface area contributed by atoms with Gasteiger partial charge in [-0.25, -0.2) is 0 Å². The van der Waals surface area contributed by atoms with Gasteiger partial charge in [-0.15, -0.1) is 0 Å². The van der Waals surface area contributed by atoms with E-state index < -0.39 is 0 Å². The first-order valence-electron chi connectivity index (χ1n) is 7.70. The van der Waals surface area contributed by atoms with Gasteiger partial charge >= 0.3 is 0 Å². The van der Waals surface area contributed by atoms with Crippen molar-refractivity contribution in [3.05, 3.63) is 29.8 Å². The van der Waals surface area contributed by atoms with Gasteiger partial charge in [-0.3, -0.25) is 0 Å². The highest BCUT2D eigenvalue weighted by Crippen LogP contribution is 2.26. The lowest BCUT2D eigenvalue weighted by molar-refractivity contribution is 0.145. The fraction of sp³-hybridized carbons (Fsp3) is 0.647. The summed E-state index contributed by atoms with van der Waals surface area (Å²) in [6, 6.07) is 8.36. The Morgan fingerprint density at radius 2 is 2.00 bits per heavy atom. The molecule has 20 heavy (non-hydrogen) atoms. The molecule has 1 unspecified atom stereocenters. The third kappa shape index (κ3) is 4.22. The molecule has 0 spiro atoms. The molecular weight excluding hydrogens is 248 g/mol. The van der Waals surface area contributed by atoms with Gasteiger partial charge in [-0.2, -0.15) is 0 Å². The molecule has 1 fully saturated rings. The normalized spacial score (nSPS) is 19.6. The fourth-order valence-corrected chi connectivity index (χ4v) is 3.13. The van der Waals surface area contributed by atoms with Crippen LogP contribution in [0, 0.1) is 5.41 Å². The summed E-state index contributed by atoms with van der Waals surface area (Å²) < 4.78 is 5.31. The van der Waals surface area contributed by atoms with Crippen LogP contribution in [-0.2, 0) is 6.42 Å². The maximum absolute atomic E-state index is 6.08. The number of hydrogen-bond acceptors (Lipinski definition) is 3. The van der Waals surface area contributed by atoms with Crippen LogP contribution in [0.1, 0.15) is 31.7 Å². The number of methoxy groups -OCH3 is 1. The van der Waals surface area contributed by atoms with Gasteiger partial charge in [0, 0.05) is 6.54 Å². The molecule has 1 atom stereocenters. The number of rotatable bonds is 6. The molecule has 0 aliphatic carbocycles. The quantitative estimate of drug-likeness (QED) is 0.868. The standard InChI is InChI=1S/C17H28N2O/c1-17(13-18,14-19-9-4-3-5-10-19)12-15-7-6-8-16(11-15)20-2/h6-8,11H,3-5,9-10,12-14,18H2,1-2H3. The molecule has 112 valence electrons. The SMILES string of the molecule is COc1cccc(CC(C)(CN)CN2CCCCC2)c1. The van der Waals surface area contributed by atoms with E-state index in [4.69, 9.17) is 10.5 Å². The smallest absolute Gasteiger partial charge is 0.119 e. The molecule has 1 aromatic rings. The molecule has 0 saturated carbocycles. The molecule has 2 rings (SSSR count). The van der Waals surface area contributed by atoms with Gasteiger partial charge < -0.3 is 15.4 Å². The van der Waals surface area contributed by atoms with Crippen LogP contribution >= 0.6 is 0 Å². The first-order chi connectivity index (χ1) is 9.65. The molecule has 1 aliphatic rings. The van der Waals surface area contributed by atoms with Crippen LogP contribution in [0.15, 0.2) is 24.3 Å². The molecule has 3 nitrogen and oxygen atoms in total. The zero-order chi connectivity index (χ0) is 14.4. The summed E-state index contributed by atoms with van der Waals surface area (Å²) in [5.74, 6) is 0.930. The molecular formula is C17H28N2O. The zero-order valence-electron chi connectivity index (χ0n) is 12.9. The van der Waals surface area contributed by atoms with Crippen molar-refractivity contribution in [2.24, 2.45) is 11.1 Å². The van der Waals surface area contributed by atoms with Gasteiger partial charge in [0.25, 0.3) is 0 Å². The van der Waals surface area contributed by atoms with E-state index in [-0.39, 0.29) is 5.41 Å². The first-order valence-corrected chi connectivity index (χ1v) is 7.70. The van der Waals surface area contributed by atoms with E-state index in [9.17, 15) is 0 Å². The van der Waals surface area contributed by atoms with Crippen molar-refractivity contribution >= 4 is 0 Å². The van der Waals surface area contributed by atoms with E-state index in [0.29, 0.717) is 0 Å². The average molecular weight is 276 g/mol. The second-order valence-corrected chi connectivity index (χ2v) is 6.38. The lowest BCUT2D eigenvalue weighted by Crippen LogP contribution is -2.44. The Balaban J connectivity index is 2.01. The first kappa shape index (κ1) is 15.3. The van der Waals surface area contributed by atoms with E-state index in [1.165, 1.54) is 37.9 Å². The van der Waals surface area contributed by atoms with Crippen LogP contribution in [0.4, 0.5) is 0 Å². The van der Waals surface area contributed by atoms with Crippen LogP contribution in [0.5, 0.6) is 5.75 Å². The van der Waals surface area contributed by atoms with E-state index in [0.717, 1.165) is 25.3 Å². The molecule has 1 aromatic carbocycles. The summed E-state index contributed by atoms with van der Waals surface area (Å²) in [4.78, 5) is 2.58. The number of nitrogens with two attached hydrogens (primary N) is 1. The van der Waals surface area contributed by atoms with Gasteiger partial charge in [0.05, 0.1) is 7.11 Å². The van der Waals surface area contributed by atoms with E-state index in [1.54, 1.807) is 7.11 Å². The van der Waals surface area contributed by atoms with Crippen molar-refractivity contribution in [2.45, 2.75) is 32.6 Å². The highest BCUT2D eigenvalue weighted by molar-refractivity contribution is 5.29. The second-order valence-electron chi connectivity index (χ2n) is 6.38. The molecule has 0 radical (unpaired) electrons. The third-order valence-corrected chi connectivity index (χ3v) is 4.31. The highest BCUT2D eigenvalue weighted by atomic mass is 16.5. The maximum Gasteiger partial charge on any atom is 0.119 e. The van der Waals surface area contributed by atoms with Gasteiger partial charge in [0.1, 0.15) is 5.75 Å². The lowest BCUT2D eigenvalue weighted by atomic mass is 9.82. The number of likely N-dealkylation sites (tertiary alicyclic amines) is 1. The van der Waals surface area contributed by atoms with Crippen molar-refractivity contribution in [2.75, 3.05) is 33.3 Å². The van der Waals surface area contributed by atoms with Crippen molar-refractivity contribution < 1.29 is 4.74 Å². The Morgan fingerprint density at radius 3 is 2.65 bits per heavy atom. The third-order valence-electron chi connectivity index (χ3n) is 4.31. The average Bonchev–Trinajstić information content (AvgIpc) is 2.48. The van der Waals surface area contributed by atoms with Gasteiger partial charge in [0.2, 0.25) is 0 Å². The van der Waals surface area contributed by atoms with Gasteiger partial charge in [-0.05, 0) is 62.0 Å². The predicted octanol–water partition coefficient (Wildman–Crippen LogP) is 2.69. The summed E-state index contributed by atoms with van der Waals surface area (Å²) in [5, 5.41) is 0. The largest absolute Gasteiger partial charge is 0.497 e. The Labute approximate surface area is 123 Å². The van der Waals surface area contributed by atoms with Crippen LogP contribution in [0.25, 0.3) is 0 Å². The van der Waals surface area contributed by atoms with E-state index in [2.05, 4.69) is 30.0 Å². The molecule has 1 aliphatic heterocycles. The van der Waals surface area contributed by atoms with E-state index in [1.807, 2.05) is 6.07 Å². The fourth-order valence-electron chi connectivity index (χ4n) is 3.13. The Hall–Kier alpha value is -1.06. The number of hydrogen-bond donors (Lipinski definition) is 1. The summed E-state index contributed by atoms with van der Waals surface area (Å²) in [5.41, 5.74) is 7.54. The monoisotopic (exact) mass is 276 g/mol. The summed E-state index contributed by atoms with van der Waals surface area (Å²) >= 11 is 0. The zero-order valence-corrected chi connectivity index (χ0v) is 12.9. The number of nitrogens with zero attached hydrogens (tertiary/aromatic N) is 1. The Kier molecular flexibility index (Phi) is 5.44. The molecule has 0 amide bonds. The Morgan fingerprint density at radius 1 is 1.25 bits per heavy atom. The van der Waals surface area contributed by atoms with Crippen molar-refractivity contribution in [3.63, 3.8) is 0 Å². The summed E-state index contributed by atoms with van der Waals surface area (Å²) in [7, 11) is 1.72. The molecule has 3 heteroatoms. The lowest BCUT2D eigenvalue weighted by Gasteiger charge is -2.36. The minimum Gasteiger partial charge on any atom is -0.497 e. The van der Waals surface area contributed by atoms with Gasteiger partial charge in [0.15, 0.2) is 0 Å². The van der Waals surface area contributed by atoms with Crippen molar-refractivity contribution in [1.29, 1.82) is 0 Å². The predicted molar refractivity (Wildman–Crippen MR) is 84.2 cm³/mol. The van der Waals surface area contributed by atoms with Crippen LogP contribution in [-0.4, -0.2) is 38.2 Å². The maximum atomic E-state index is 6.08. The van der Waals surface area contributed by atoms with Crippen LogP contribution in [0.3, 0.4) is 0 Å². The summed E-state index contributed by atoms with van der Waals surface area (Å²) in [6.07, 6.45) is 5.06. The number of ether oxygens (including phenoxy) is 1. The van der Waals surface area contributed by atoms with E-state index >= 15 is 0 Å². The minimum atomic E-state index is 0.143. The number of piperidine rings is 1. The second kappa shape index (κ2) is 7.09. The van der Waals surface area contributed by atoms with Gasteiger partial charge in [-0.1, -0.05) is 25.5 Å². The highest BCUT2D eigenvalue weighted by Gasteiger charge is 2.27. The molecule has 2 N–H and O–H groups in total. The van der Waals surface area contributed by atoms with Crippen LogP contribution < -0.4 is 10.5 Å². The summed E-state index contributed by atoms with van der Waals surface area (Å²) in [6.45, 7) is 6.59. The topological polar surface area (TPSA) is 38.5 Å². The molecule has 1 saturated heterocycles. The van der Waals surface area contributed by atoms with Crippen LogP contribution in [0.2, 0.25) is 0 Å². The molecule has 1 heterocycles. The van der Waals surface area contributed by atoms with Crippen molar-refractivity contribution in [1.82, 2.24) is 4.90 Å². The van der Waals surface area contributed by atoms with Crippen molar-refractivity contribution in [3.8, 4) is 5.75 Å². The molecule has 0 aromatic heterocycles. The number of benzene rings is 1. The Bertz CT molecular complexity index is 415. The molecule has 0 bridgehead atoms.